The van der Waals surface area contributed by atoms with Crippen molar-refractivity contribution in [3.63, 3.8) is 0 Å². The van der Waals surface area contributed by atoms with E-state index in [4.69, 9.17) is 4.74 Å². The van der Waals surface area contributed by atoms with Crippen molar-refractivity contribution in [1.29, 1.82) is 0 Å². The minimum Gasteiger partial charge on any atom is -0.376 e. The molecule has 3 heteroatoms. The van der Waals surface area contributed by atoms with Gasteiger partial charge in [0.15, 0.2) is 0 Å². The Hall–Kier alpha value is -0.120. The van der Waals surface area contributed by atoms with E-state index in [0.717, 1.165) is 25.7 Å². The van der Waals surface area contributed by atoms with E-state index in [9.17, 15) is 0 Å². The highest BCUT2D eigenvalue weighted by atomic mass is 16.5. The molecular weight excluding hydrogens is 200 g/mol. The number of hydrogen-bond acceptors (Lipinski definition) is 3. The van der Waals surface area contributed by atoms with Crippen molar-refractivity contribution < 1.29 is 4.74 Å². The third-order valence-electron chi connectivity index (χ3n) is 4.02. The lowest BCUT2D eigenvalue weighted by atomic mass is 10.0. The van der Waals surface area contributed by atoms with E-state index in [2.05, 4.69) is 30.6 Å². The SMILES string of the molecule is CC1CN(C2CCN(C(C)C)CC2)CCO1. The fourth-order valence-corrected chi connectivity index (χ4v) is 2.94. The Kier molecular flexibility index (Phi) is 4.22. The van der Waals surface area contributed by atoms with Gasteiger partial charge < -0.3 is 9.64 Å². The molecule has 2 aliphatic rings. The van der Waals surface area contributed by atoms with E-state index >= 15 is 0 Å². The first-order chi connectivity index (χ1) is 7.66. The number of likely N-dealkylation sites (tertiary alicyclic amines) is 1. The Morgan fingerprint density at radius 2 is 1.81 bits per heavy atom. The van der Waals surface area contributed by atoms with Gasteiger partial charge in [-0.1, -0.05) is 0 Å². The fourth-order valence-electron chi connectivity index (χ4n) is 2.94. The van der Waals surface area contributed by atoms with Crippen molar-refractivity contribution in [3.8, 4) is 0 Å². The maximum absolute atomic E-state index is 5.61. The second-order valence-electron chi connectivity index (χ2n) is 5.54. The van der Waals surface area contributed by atoms with Crippen LogP contribution in [0.25, 0.3) is 0 Å². The summed E-state index contributed by atoms with van der Waals surface area (Å²) in [5, 5.41) is 0. The summed E-state index contributed by atoms with van der Waals surface area (Å²) in [7, 11) is 0. The predicted molar refractivity (Wildman–Crippen MR) is 66.7 cm³/mol. The van der Waals surface area contributed by atoms with Gasteiger partial charge in [0.05, 0.1) is 12.7 Å². The van der Waals surface area contributed by atoms with Gasteiger partial charge in [-0.2, -0.15) is 0 Å². The molecule has 0 saturated carbocycles. The molecule has 2 fully saturated rings. The van der Waals surface area contributed by atoms with E-state index in [1.54, 1.807) is 0 Å². The number of morpholine rings is 1. The molecule has 0 aromatic heterocycles. The van der Waals surface area contributed by atoms with Crippen LogP contribution in [0, 0.1) is 0 Å². The molecule has 16 heavy (non-hydrogen) atoms. The Bertz CT molecular complexity index is 212. The number of nitrogens with zero attached hydrogens (tertiary/aromatic N) is 2. The van der Waals surface area contributed by atoms with Crippen LogP contribution in [0.2, 0.25) is 0 Å². The van der Waals surface area contributed by atoms with Crippen LogP contribution < -0.4 is 0 Å². The van der Waals surface area contributed by atoms with Gasteiger partial charge in [-0.25, -0.2) is 0 Å². The van der Waals surface area contributed by atoms with Gasteiger partial charge in [0.25, 0.3) is 0 Å². The molecule has 1 unspecified atom stereocenters. The molecular formula is C13H26N2O. The van der Waals surface area contributed by atoms with Gasteiger partial charge in [-0.3, -0.25) is 4.90 Å². The minimum atomic E-state index is 0.428. The Morgan fingerprint density at radius 1 is 1.12 bits per heavy atom. The molecule has 2 saturated heterocycles. The van der Waals surface area contributed by atoms with Crippen molar-refractivity contribution in [1.82, 2.24) is 9.80 Å². The zero-order chi connectivity index (χ0) is 11.5. The highest BCUT2D eigenvalue weighted by molar-refractivity contribution is 4.83. The molecule has 2 aliphatic heterocycles. The van der Waals surface area contributed by atoms with E-state index in [0.29, 0.717) is 12.1 Å². The average molecular weight is 226 g/mol. The third kappa shape index (κ3) is 2.96. The monoisotopic (exact) mass is 226 g/mol. The third-order valence-corrected chi connectivity index (χ3v) is 4.02. The molecule has 0 aromatic carbocycles. The van der Waals surface area contributed by atoms with Crippen molar-refractivity contribution in [2.24, 2.45) is 0 Å². The van der Waals surface area contributed by atoms with Crippen LogP contribution in [-0.2, 0) is 4.74 Å². The Labute approximate surface area is 99.7 Å². The van der Waals surface area contributed by atoms with E-state index in [-0.39, 0.29) is 0 Å². The topological polar surface area (TPSA) is 15.7 Å². The largest absolute Gasteiger partial charge is 0.376 e. The molecule has 0 aromatic rings. The van der Waals surface area contributed by atoms with Crippen LogP contribution >= 0.6 is 0 Å². The minimum absolute atomic E-state index is 0.428. The summed E-state index contributed by atoms with van der Waals surface area (Å²) in [5.41, 5.74) is 0. The van der Waals surface area contributed by atoms with E-state index in [1.165, 1.54) is 25.9 Å². The van der Waals surface area contributed by atoms with E-state index < -0.39 is 0 Å². The first kappa shape index (κ1) is 12.3. The second-order valence-corrected chi connectivity index (χ2v) is 5.54. The molecule has 2 heterocycles. The van der Waals surface area contributed by atoms with Crippen molar-refractivity contribution >= 4 is 0 Å². The summed E-state index contributed by atoms with van der Waals surface area (Å²) in [5.74, 6) is 0. The lowest BCUT2D eigenvalue weighted by Gasteiger charge is -2.42. The van der Waals surface area contributed by atoms with Crippen LogP contribution in [0.4, 0.5) is 0 Å². The first-order valence-electron chi connectivity index (χ1n) is 6.76. The highest BCUT2D eigenvalue weighted by Crippen LogP contribution is 2.20. The van der Waals surface area contributed by atoms with Gasteiger partial charge in [-0.05, 0) is 46.7 Å². The standard InChI is InChI=1S/C13H26N2O/c1-11(2)14-6-4-13(5-7-14)15-8-9-16-12(3)10-15/h11-13H,4-10H2,1-3H3. The summed E-state index contributed by atoms with van der Waals surface area (Å²) in [6, 6.07) is 1.52. The van der Waals surface area contributed by atoms with Crippen molar-refractivity contribution in [2.45, 2.75) is 51.8 Å². The number of ether oxygens (including phenoxy) is 1. The normalized spacial score (nSPS) is 31.1. The van der Waals surface area contributed by atoms with Gasteiger partial charge in [0, 0.05) is 25.2 Å². The molecule has 0 N–H and O–H groups in total. The average Bonchev–Trinajstić information content (AvgIpc) is 2.29. The fraction of sp³-hybridized carbons (Fsp3) is 1.00. The first-order valence-corrected chi connectivity index (χ1v) is 6.76. The summed E-state index contributed by atoms with van der Waals surface area (Å²) in [4.78, 5) is 5.24. The summed E-state index contributed by atoms with van der Waals surface area (Å²) >= 11 is 0. The number of piperidine rings is 1. The molecule has 0 aliphatic carbocycles. The van der Waals surface area contributed by atoms with Crippen LogP contribution in [0.1, 0.15) is 33.6 Å². The lowest BCUT2D eigenvalue weighted by molar-refractivity contribution is -0.0447. The second kappa shape index (κ2) is 5.48. The van der Waals surface area contributed by atoms with Crippen molar-refractivity contribution in [2.75, 3.05) is 32.8 Å². The van der Waals surface area contributed by atoms with Crippen molar-refractivity contribution in [3.05, 3.63) is 0 Å². The molecule has 2 rings (SSSR count). The van der Waals surface area contributed by atoms with Crippen LogP contribution in [0.5, 0.6) is 0 Å². The predicted octanol–water partition coefficient (Wildman–Crippen LogP) is 1.58. The quantitative estimate of drug-likeness (QED) is 0.711. The maximum Gasteiger partial charge on any atom is 0.0674 e. The van der Waals surface area contributed by atoms with Gasteiger partial charge in [0.1, 0.15) is 0 Å². The number of hydrogen-bond donors (Lipinski definition) is 0. The summed E-state index contributed by atoms with van der Waals surface area (Å²) in [6.45, 7) is 12.5. The summed E-state index contributed by atoms with van der Waals surface area (Å²) < 4.78 is 5.61. The molecule has 0 radical (unpaired) electrons. The van der Waals surface area contributed by atoms with Gasteiger partial charge >= 0.3 is 0 Å². The van der Waals surface area contributed by atoms with Gasteiger partial charge in [0.2, 0.25) is 0 Å². The Morgan fingerprint density at radius 3 is 2.38 bits per heavy atom. The highest BCUT2D eigenvalue weighted by Gasteiger charge is 2.28. The smallest absolute Gasteiger partial charge is 0.0674 e. The molecule has 94 valence electrons. The van der Waals surface area contributed by atoms with Gasteiger partial charge in [-0.15, -0.1) is 0 Å². The summed E-state index contributed by atoms with van der Waals surface area (Å²) in [6.07, 6.45) is 3.10. The molecule has 0 bridgehead atoms. The molecule has 0 amide bonds. The molecule has 3 nitrogen and oxygen atoms in total. The Balaban J connectivity index is 1.79. The molecule has 0 spiro atoms. The van der Waals surface area contributed by atoms with Crippen LogP contribution in [0.15, 0.2) is 0 Å². The zero-order valence-corrected chi connectivity index (χ0v) is 11.0. The van der Waals surface area contributed by atoms with Crippen LogP contribution in [-0.4, -0.2) is 60.8 Å². The maximum atomic E-state index is 5.61. The zero-order valence-electron chi connectivity index (χ0n) is 11.0. The lowest BCUT2D eigenvalue weighted by Crippen LogP contribution is -2.51. The number of rotatable bonds is 2. The molecule has 1 atom stereocenters. The van der Waals surface area contributed by atoms with E-state index in [1.807, 2.05) is 0 Å². The van der Waals surface area contributed by atoms with Crippen LogP contribution in [0.3, 0.4) is 0 Å².